The summed E-state index contributed by atoms with van der Waals surface area (Å²) in [5.74, 6) is 0.443. The highest BCUT2D eigenvalue weighted by Gasteiger charge is 2.21. The van der Waals surface area contributed by atoms with Gasteiger partial charge < -0.3 is 19.4 Å². The van der Waals surface area contributed by atoms with E-state index in [0.29, 0.717) is 30.3 Å². The fourth-order valence-electron chi connectivity index (χ4n) is 2.23. The number of carbonyl (C=O) groups is 2. The van der Waals surface area contributed by atoms with Gasteiger partial charge in [0.05, 0.1) is 18.5 Å². The number of amides is 2. The summed E-state index contributed by atoms with van der Waals surface area (Å²) < 4.78 is 10.6. The topological polar surface area (TPSA) is 71.8 Å². The summed E-state index contributed by atoms with van der Waals surface area (Å²) in [6.07, 6.45) is 1.44. The van der Waals surface area contributed by atoms with E-state index in [1.54, 1.807) is 35.2 Å². The summed E-state index contributed by atoms with van der Waals surface area (Å²) in [5, 5.41) is 2.72. The summed E-state index contributed by atoms with van der Waals surface area (Å²) in [6, 6.07) is 8.42. The molecule has 0 aliphatic carbocycles. The number of rotatable bonds is 2. The molecule has 0 unspecified atom stereocenters. The van der Waals surface area contributed by atoms with Crippen molar-refractivity contribution in [2.75, 3.05) is 23.4 Å². The molecule has 0 radical (unpaired) electrons. The number of fused-ring (bicyclic) bond motifs is 1. The standard InChI is InChI=1S/C15H14N2O4/c1-10(18)17-6-8-21-14-9-11(4-5-12(14)17)16-15(19)13-3-2-7-20-13/h2-5,7,9H,6,8H2,1H3,(H,16,19). The highest BCUT2D eigenvalue weighted by molar-refractivity contribution is 6.02. The van der Waals surface area contributed by atoms with Crippen molar-refractivity contribution in [3.8, 4) is 5.75 Å². The van der Waals surface area contributed by atoms with Gasteiger partial charge in [0.2, 0.25) is 5.91 Å². The van der Waals surface area contributed by atoms with Gasteiger partial charge in [-0.3, -0.25) is 9.59 Å². The van der Waals surface area contributed by atoms with Crippen LogP contribution in [0.2, 0.25) is 0 Å². The van der Waals surface area contributed by atoms with E-state index < -0.39 is 0 Å². The summed E-state index contributed by atoms with van der Waals surface area (Å²) in [6.45, 7) is 2.48. The first-order chi connectivity index (χ1) is 10.1. The molecule has 3 rings (SSSR count). The van der Waals surface area contributed by atoms with Crippen LogP contribution in [-0.4, -0.2) is 25.0 Å². The lowest BCUT2D eigenvalue weighted by Gasteiger charge is -2.28. The van der Waals surface area contributed by atoms with Crippen LogP contribution >= 0.6 is 0 Å². The molecule has 1 aromatic carbocycles. The Bertz CT molecular complexity index is 679. The second kappa shape index (κ2) is 5.32. The fraction of sp³-hybridized carbons (Fsp3) is 0.200. The normalized spacial score (nSPS) is 13.3. The van der Waals surface area contributed by atoms with Crippen molar-refractivity contribution in [3.63, 3.8) is 0 Å². The minimum absolute atomic E-state index is 0.0353. The van der Waals surface area contributed by atoms with Gasteiger partial charge in [0.25, 0.3) is 5.91 Å². The van der Waals surface area contributed by atoms with Crippen LogP contribution in [0.3, 0.4) is 0 Å². The first-order valence-electron chi connectivity index (χ1n) is 6.55. The van der Waals surface area contributed by atoms with Gasteiger partial charge in [0.15, 0.2) is 5.76 Å². The number of nitrogens with one attached hydrogen (secondary N) is 1. The molecule has 1 aliphatic rings. The molecule has 0 fully saturated rings. The van der Waals surface area contributed by atoms with Crippen molar-refractivity contribution in [1.82, 2.24) is 0 Å². The highest BCUT2D eigenvalue weighted by atomic mass is 16.5. The number of furan rings is 1. The minimum atomic E-state index is -0.334. The third-order valence-corrected chi connectivity index (χ3v) is 3.21. The Morgan fingerprint density at radius 1 is 1.29 bits per heavy atom. The third kappa shape index (κ3) is 2.60. The summed E-state index contributed by atoms with van der Waals surface area (Å²) >= 11 is 0. The largest absolute Gasteiger partial charge is 0.489 e. The molecule has 1 aliphatic heterocycles. The predicted molar refractivity (Wildman–Crippen MR) is 76.6 cm³/mol. The van der Waals surface area contributed by atoms with E-state index in [9.17, 15) is 9.59 Å². The van der Waals surface area contributed by atoms with Crippen molar-refractivity contribution >= 4 is 23.2 Å². The molecule has 0 atom stereocenters. The summed E-state index contributed by atoms with van der Waals surface area (Å²) in [7, 11) is 0. The van der Waals surface area contributed by atoms with Crippen molar-refractivity contribution < 1.29 is 18.7 Å². The lowest BCUT2D eigenvalue weighted by molar-refractivity contribution is -0.116. The average molecular weight is 286 g/mol. The number of hydrogen-bond donors (Lipinski definition) is 1. The highest BCUT2D eigenvalue weighted by Crippen LogP contribution is 2.34. The minimum Gasteiger partial charge on any atom is -0.489 e. The molecule has 0 bridgehead atoms. The summed E-state index contributed by atoms with van der Waals surface area (Å²) in [4.78, 5) is 25.1. The molecule has 108 valence electrons. The van der Waals surface area contributed by atoms with Crippen LogP contribution in [-0.2, 0) is 4.79 Å². The number of nitrogens with zero attached hydrogens (tertiary/aromatic N) is 1. The first kappa shape index (κ1) is 13.2. The molecule has 2 aromatic rings. The molecule has 0 saturated carbocycles. The molecule has 1 N–H and O–H groups in total. The Morgan fingerprint density at radius 2 is 2.14 bits per heavy atom. The Morgan fingerprint density at radius 3 is 2.86 bits per heavy atom. The van der Waals surface area contributed by atoms with Crippen LogP contribution in [0.25, 0.3) is 0 Å². The Labute approximate surface area is 121 Å². The lowest BCUT2D eigenvalue weighted by atomic mass is 10.2. The molecule has 0 spiro atoms. The van der Waals surface area contributed by atoms with Gasteiger partial charge in [-0.2, -0.15) is 0 Å². The van der Waals surface area contributed by atoms with Crippen LogP contribution < -0.4 is 15.0 Å². The third-order valence-electron chi connectivity index (χ3n) is 3.21. The van der Waals surface area contributed by atoms with Crippen LogP contribution in [0.5, 0.6) is 5.75 Å². The van der Waals surface area contributed by atoms with Crippen LogP contribution in [0.15, 0.2) is 41.0 Å². The van der Waals surface area contributed by atoms with E-state index in [0.717, 1.165) is 0 Å². The molecular weight excluding hydrogens is 272 g/mol. The van der Waals surface area contributed by atoms with E-state index in [4.69, 9.17) is 9.15 Å². The van der Waals surface area contributed by atoms with E-state index >= 15 is 0 Å². The van der Waals surface area contributed by atoms with Gasteiger partial charge in [-0.25, -0.2) is 0 Å². The molecule has 2 amide bonds. The zero-order valence-corrected chi connectivity index (χ0v) is 11.5. The monoisotopic (exact) mass is 286 g/mol. The average Bonchev–Trinajstić information content (AvgIpc) is 3.00. The maximum absolute atomic E-state index is 11.9. The number of carbonyl (C=O) groups excluding carboxylic acids is 2. The van der Waals surface area contributed by atoms with Crippen LogP contribution in [0.1, 0.15) is 17.5 Å². The van der Waals surface area contributed by atoms with Crippen molar-refractivity contribution in [2.24, 2.45) is 0 Å². The van der Waals surface area contributed by atoms with Gasteiger partial charge in [-0.1, -0.05) is 0 Å². The Hall–Kier alpha value is -2.76. The Balaban J connectivity index is 1.83. The zero-order chi connectivity index (χ0) is 14.8. The number of ether oxygens (including phenoxy) is 1. The van der Waals surface area contributed by atoms with E-state index in [1.165, 1.54) is 13.2 Å². The number of benzene rings is 1. The number of anilines is 2. The van der Waals surface area contributed by atoms with Crippen molar-refractivity contribution in [3.05, 3.63) is 42.4 Å². The van der Waals surface area contributed by atoms with Gasteiger partial charge in [-0.05, 0) is 24.3 Å². The quantitative estimate of drug-likeness (QED) is 0.919. The SMILES string of the molecule is CC(=O)N1CCOc2cc(NC(=O)c3ccco3)ccc21. The molecule has 0 saturated heterocycles. The molecular formula is C15H14N2O4. The molecule has 1 aromatic heterocycles. The predicted octanol–water partition coefficient (Wildman–Crippen LogP) is 2.28. The maximum atomic E-state index is 11.9. The van der Waals surface area contributed by atoms with Crippen LogP contribution in [0.4, 0.5) is 11.4 Å². The molecule has 6 nitrogen and oxygen atoms in total. The zero-order valence-electron chi connectivity index (χ0n) is 11.5. The van der Waals surface area contributed by atoms with Crippen LogP contribution in [0, 0.1) is 0 Å². The van der Waals surface area contributed by atoms with Gasteiger partial charge >= 0.3 is 0 Å². The smallest absolute Gasteiger partial charge is 0.291 e. The Kier molecular flexibility index (Phi) is 3.35. The van der Waals surface area contributed by atoms with E-state index in [-0.39, 0.29) is 17.6 Å². The van der Waals surface area contributed by atoms with Gasteiger partial charge in [0.1, 0.15) is 12.4 Å². The van der Waals surface area contributed by atoms with E-state index in [1.807, 2.05) is 0 Å². The van der Waals surface area contributed by atoms with Gasteiger partial charge in [-0.15, -0.1) is 0 Å². The van der Waals surface area contributed by atoms with E-state index in [2.05, 4.69) is 5.32 Å². The van der Waals surface area contributed by atoms with Gasteiger partial charge in [0, 0.05) is 18.7 Å². The molecule has 21 heavy (non-hydrogen) atoms. The second-order valence-electron chi connectivity index (χ2n) is 4.63. The lowest BCUT2D eigenvalue weighted by Crippen LogP contribution is -2.36. The fourth-order valence-corrected chi connectivity index (χ4v) is 2.23. The maximum Gasteiger partial charge on any atom is 0.291 e. The van der Waals surface area contributed by atoms with Crippen molar-refractivity contribution in [1.29, 1.82) is 0 Å². The summed E-state index contributed by atoms with van der Waals surface area (Å²) in [5.41, 5.74) is 1.30. The molecule has 6 heteroatoms. The number of hydrogen-bond acceptors (Lipinski definition) is 4. The molecule has 2 heterocycles. The second-order valence-corrected chi connectivity index (χ2v) is 4.63. The van der Waals surface area contributed by atoms with Crippen molar-refractivity contribution in [2.45, 2.75) is 6.92 Å². The first-order valence-corrected chi connectivity index (χ1v) is 6.55.